The van der Waals surface area contributed by atoms with Gasteiger partial charge in [-0.1, -0.05) is 39.7 Å². The van der Waals surface area contributed by atoms with Crippen molar-refractivity contribution in [3.8, 4) is 0 Å². The van der Waals surface area contributed by atoms with Crippen LogP contribution in [0, 0.1) is 6.92 Å². The summed E-state index contributed by atoms with van der Waals surface area (Å²) in [7, 11) is 0. The highest BCUT2D eigenvalue weighted by atomic mass is 79.9. The van der Waals surface area contributed by atoms with E-state index in [2.05, 4.69) is 56.2 Å². The van der Waals surface area contributed by atoms with E-state index < -0.39 is 0 Å². The first kappa shape index (κ1) is 13.9. The number of halogens is 3. The number of nitrogens with one attached hydrogen (secondary N) is 1. The molecule has 1 N–H and O–H groups in total. The number of aryl methyl sites for hydroxylation is 1. The standard InChI is InChI=1S/C14H12Br2ClN/c1-9-3-2-4-13(14(9)16)18-8-10-7-11(17)5-6-12(10)15/h2-7,18H,8H2,1H3. The highest BCUT2D eigenvalue weighted by Gasteiger charge is 2.04. The van der Waals surface area contributed by atoms with Crippen LogP contribution in [0.15, 0.2) is 45.3 Å². The van der Waals surface area contributed by atoms with Gasteiger partial charge in [0, 0.05) is 26.2 Å². The molecule has 0 aromatic heterocycles. The Balaban J connectivity index is 2.16. The molecule has 0 spiro atoms. The average Bonchev–Trinajstić information content (AvgIpc) is 2.35. The van der Waals surface area contributed by atoms with Crippen molar-refractivity contribution >= 4 is 49.1 Å². The van der Waals surface area contributed by atoms with Crippen LogP contribution in [0.25, 0.3) is 0 Å². The molecule has 1 nitrogen and oxygen atoms in total. The van der Waals surface area contributed by atoms with Gasteiger partial charge >= 0.3 is 0 Å². The molecule has 0 atom stereocenters. The summed E-state index contributed by atoms with van der Waals surface area (Å²) in [6.07, 6.45) is 0. The van der Waals surface area contributed by atoms with Gasteiger partial charge in [0.15, 0.2) is 0 Å². The van der Waals surface area contributed by atoms with Crippen molar-refractivity contribution in [1.29, 1.82) is 0 Å². The fourth-order valence-electron chi connectivity index (χ4n) is 1.65. The molecule has 2 aromatic rings. The normalized spacial score (nSPS) is 10.4. The molecule has 18 heavy (non-hydrogen) atoms. The molecule has 0 fully saturated rings. The minimum atomic E-state index is 0.725. The van der Waals surface area contributed by atoms with E-state index in [1.807, 2.05) is 24.3 Å². The van der Waals surface area contributed by atoms with Gasteiger partial charge in [-0.3, -0.25) is 0 Å². The van der Waals surface area contributed by atoms with E-state index in [4.69, 9.17) is 11.6 Å². The molecule has 4 heteroatoms. The van der Waals surface area contributed by atoms with E-state index in [0.29, 0.717) is 0 Å². The Bertz CT molecular complexity index is 568. The summed E-state index contributed by atoms with van der Waals surface area (Å²) in [4.78, 5) is 0. The largest absolute Gasteiger partial charge is 0.380 e. The lowest BCUT2D eigenvalue weighted by Gasteiger charge is -2.11. The van der Waals surface area contributed by atoms with Crippen LogP contribution < -0.4 is 5.32 Å². The summed E-state index contributed by atoms with van der Waals surface area (Å²) in [5, 5.41) is 4.15. The van der Waals surface area contributed by atoms with Gasteiger partial charge in [0.2, 0.25) is 0 Å². The maximum atomic E-state index is 6.00. The lowest BCUT2D eigenvalue weighted by atomic mass is 10.2. The number of rotatable bonds is 3. The van der Waals surface area contributed by atoms with Gasteiger partial charge in [0.05, 0.1) is 0 Å². The van der Waals surface area contributed by atoms with E-state index in [0.717, 1.165) is 31.8 Å². The maximum absolute atomic E-state index is 6.00. The number of benzene rings is 2. The molecule has 94 valence electrons. The highest BCUT2D eigenvalue weighted by Crippen LogP contribution is 2.27. The molecular formula is C14H12Br2ClN. The van der Waals surface area contributed by atoms with Gasteiger partial charge < -0.3 is 5.32 Å². The quantitative estimate of drug-likeness (QED) is 0.701. The maximum Gasteiger partial charge on any atom is 0.0490 e. The molecule has 0 bridgehead atoms. The zero-order valence-corrected chi connectivity index (χ0v) is 13.7. The Hall–Kier alpha value is -0.510. The summed E-state index contributed by atoms with van der Waals surface area (Å²) < 4.78 is 2.16. The summed E-state index contributed by atoms with van der Waals surface area (Å²) in [6.45, 7) is 2.80. The lowest BCUT2D eigenvalue weighted by molar-refractivity contribution is 1.13. The first-order valence-corrected chi connectivity index (χ1v) is 7.47. The minimum absolute atomic E-state index is 0.725. The number of hydrogen-bond donors (Lipinski definition) is 1. The summed E-state index contributed by atoms with van der Waals surface area (Å²) in [5.41, 5.74) is 3.43. The first-order valence-electron chi connectivity index (χ1n) is 5.51. The van der Waals surface area contributed by atoms with Gasteiger partial charge in [-0.05, 0) is 58.2 Å². The fourth-order valence-corrected chi connectivity index (χ4v) is 2.64. The number of hydrogen-bond acceptors (Lipinski definition) is 1. The zero-order chi connectivity index (χ0) is 13.1. The van der Waals surface area contributed by atoms with Crippen molar-refractivity contribution in [2.75, 3.05) is 5.32 Å². The monoisotopic (exact) mass is 387 g/mol. The molecule has 0 radical (unpaired) electrons. The number of anilines is 1. The predicted octanol–water partition coefficient (Wildman–Crippen LogP) is 5.79. The van der Waals surface area contributed by atoms with Crippen LogP contribution in [-0.2, 0) is 6.54 Å². The van der Waals surface area contributed by atoms with Crippen LogP contribution in [-0.4, -0.2) is 0 Å². The SMILES string of the molecule is Cc1cccc(NCc2cc(Cl)ccc2Br)c1Br. The lowest BCUT2D eigenvalue weighted by Crippen LogP contribution is -2.01. The summed E-state index contributed by atoms with van der Waals surface area (Å²) >= 11 is 13.1. The van der Waals surface area contributed by atoms with Crippen molar-refractivity contribution in [3.05, 3.63) is 61.5 Å². The van der Waals surface area contributed by atoms with Crippen molar-refractivity contribution in [3.63, 3.8) is 0 Å². The smallest absolute Gasteiger partial charge is 0.0490 e. The van der Waals surface area contributed by atoms with E-state index >= 15 is 0 Å². The van der Waals surface area contributed by atoms with Crippen molar-refractivity contribution in [2.24, 2.45) is 0 Å². The third-order valence-corrected chi connectivity index (χ3v) is 4.73. The average molecular weight is 390 g/mol. The van der Waals surface area contributed by atoms with E-state index in [1.165, 1.54) is 5.56 Å². The van der Waals surface area contributed by atoms with Crippen molar-refractivity contribution in [1.82, 2.24) is 0 Å². The van der Waals surface area contributed by atoms with Crippen LogP contribution in [0.5, 0.6) is 0 Å². The fraction of sp³-hybridized carbons (Fsp3) is 0.143. The minimum Gasteiger partial charge on any atom is -0.380 e. The van der Waals surface area contributed by atoms with Gasteiger partial charge in [-0.15, -0.1) is 0 Å². The Labute approximate surface area is 129 Å². The van der Waals surface area contributed by atoms with Gasteiger partial charge in [0.25, 0.3) is 0 Å². The third kappa shape index (κ3) is 3.28. The van der Waals surface area contributed by atoms with Crippen molar-refractivity contribution < 1.29 is 0 Å². The molecule has 0 unspecified atom stereocenters. The molecule has 0 heterocycles. The van der Waals surface area contributed by atoms with E-state index in [-0.39, 0.29) is 0 Å². The second-order valence-electron chi connectivity index (χ2n) is 4.03. The Kier molecular flexibility index (Phi) is 4.71. The second kappa shape index (κ2) is 6.09. The van der Waals surface area contributed by atoms with Gasteiger partial charge in [-0.2, -0.15) is 0 Å². The first-order chi connectivity index (χ1) is 8.58. The topological polar surface area (TPSA) is 12.0 Å². The zero-order valence-electron chi connectivity index (χ0n) is 9.81. The van der Waals surface area contributed by atoms with Crippen molar-refractivity contribution in [2.45, 2.75) is 13.5 Å². The predicted molar refractivity (Wildman–Crippen MR) is 85.4 cm³/mol. The summed E-state index contributed by atoms with van der Waals surface area (Å²) in [5.74, 6) is 0. The van der Waals surface area contributed by atoms with Crippen LogP contribution in [0.2, 0.25) is 5.02 Å². The van der Waals surface area contributed by atoms with E-state index in [9.17, 15) is 0 Å². The summed E-state index contributed by atoms with van der Waals surface area (Å²) in [6, 6.07) is 12.0. The third-order valence-electron chi connectivity index (χ3n) is 2.67. The van der Waals surface area contributed by atoms with E-state index in [1.54, 1.807) is 0 Å². The molecule has 0 aliphatic rings. The Morgan fingerprint density at radius 1 is 1.17 bits per heavy atom. The molecular weight excluding hydrogens is 377 g/mol. The van der Waals surface area contributed by atoms with Gasteiger partial charge in [-0.25, -0.2) is 0 Å². The van der Waals surface area contributed by atoms with Gasteiger partial charge in [0.1, 0.15) is 0 Å². The van der Waals surface area contributed by atoms with Crippen LogP contribution in [0.4, 0.5) is 5.69 Å². The molecule has 2 rings (SSSR count). The molecule has 2 aromatic carbocycles. The molecule has 0 amide bonds. The van der Waals surface area contributed by atoms with Crippen LogP contribution in [0.1, 0.15) is 11.1 Å². The highest BCUT2D eigenvalue weighted by molar-refractivity contribution is 9.11. The van der Waals surface area contributed by atoms with Crippen LogP contribution in [0.3, 0.4) is 0 Å². The second-order valence-corrected chi connectivity index (χ2v) is 6.11. The Morgan fingerprint density at radius 3 is 2.72 bits per heavy atom. The Morgan fingerprint density at radius 2 is 1.94 bits per heavy atom. The molecule has 0 aliphatic heterocycles. The molecule has 0 saturated carbocycles. The molecule has 0 aliphatic carbocycles. The molecule has 0 saturated heterocycles. The van der Waals surface area contributed by atoms with Crippen LogP contribution >= 0.6 is 43.5 Å².